The number of aromatic nitrogens is 3. The fourth-order valence-corrected chi connectivity index (χ4v) is 2.31. The molecule has 28 heavy (non-hydrogen) atoms. The van der Waals surface area contributed by atoms with Crippen LogP contribution in [0.5, 0.6) is 0 Å². The molecule has 3 N–H and O–H groups in total. The SMILES string of the molecule is CC(C)Nc1nc(NNc2c(F)c(F)cc(F)c2F)cc(-c2cccnc2)n1. The third kappa shape index (κ3) is 4.27. The Balaban J connectivity index is 1.94. The lowest BCUT2D eigenvalue weighted by molar-refractivity contribution is 0.459. The Labute approximate surface area is 158 Å². The topological polar surface area (TPSA) is 74.8 Å². The van der Waals surface area contributed by atoms with Gasteiger partial charge in [0.1, 0.15) is 5.69 Å². The molecule has 0 fully saturated rings. The Kier molecular flexibility index (Phi) is 5.57. The number of benzene rings is 1. The number of pyridine rings is 1. The van der Waals surface area contributed by atoms with Crippen LogP contribution < -0.4 is 16.2 Å². The first kappa shape index (κ1) is 19.3. The average molecular weight is 392 g/mol. The first-order valence-corrected chi connectivity index (χ1v) is 8.26. The Morgan fingerprint density at radius 2 is 1.64 bits per heavy atom. The van der Waals surface area contributed by atoms with Gasteiger partial charge in [-0.2, -0.15) is 4.98 Å². The number of hydrogen-bond donors (Lipinski definition) is 3. The lowest BCUT2D eigenvalue weighted by Gasteiger charge is -2.15. The molecule has 3 rings (SSSR count). The van der Waals surface area contributed by atoms with Crippen LogP contribution in [0.4, 0.5) is 35.0 Å². The van der Waals surface area contributed by atoms with Crippen molar-refractivity contribution in [3.05, 3.63) is 59.9 Å². The zero-order valence-corrected chi connectivity index (χ0v) is 14.9. The van der Waals surface area contributed by atoms with E-state index < -0.39 is 29.0 Å². The molecule has 0 bridgehead atoms. The molecule has 2 heterocycles. The molecule has 10 heteroatoms. The molecule has 0 radical (unpaired) electrons. The van der Waals surface area contributed by atoms with Crippen molar-refractivity contribution in [3.63, 3.8) is 0 Å². The number of halogens is 4. The van der Waals surface area contributed by atoms with E-state index in [2.05, 4.69) is 31.1 Å². The van der Waals surface area contributed by atoms with Crippen molar-refractivity contribution in [1.29, 1.82) is 0 Å². The highest BCUT2D eigenvalue weighted by molar-refractivity contribution is 5.64. The zero-order chi connectivity index (χ0) is 20.3. The smallest absolute Gasteiger partial charge is 0.225 e. The molecule has 0 saturated heterocycles. The molecule has 2 aromatic heterocycles. The fraction of sp³-hybridized carbons (Fsp3) is 0.167. The highest BCUT2D eigenvalue weighted by Crippen LogP contribution is 2.25. The summed E-state index contributed by atoms with van der Waals surface area (Å²) in [5.41, 5.74) is 4.72. The highest BCUT2D eigenvalue weighted by atomic mass is 19.2. The second-order valence-corrected chi connectivity index (χ2v) is 6.10. The van der Waals surface area contributed by atoms with Crippen LogP contribution in [0.15, 0.2) is 36.7 Å². The molecule has 3 aromatic rings. The summed E-state index contributed by atoms with van der Waals surface area (Å²) in [6.07, 6.45) is 3.18. The van der Waals surface area contributed by atoms with E-state index >= 15 is 0 Å². The molecule has 0 aliphatic carbocycles. The molecule has 146 valence electrons. The maximum Gasteiger partial charge on any atom is 0.225 e. The summed E-state index contributed by atoms with van der Waals surface area (Å²) in [6, 6.07) is 5.12. The van der Waals surface area contributed by atoms with Crippen LogP contribution in [-0.4, -0.2) is 21.0 Å². The van der Waals surface area contributed by atoms with E-state index in [1.165, 1.54) is 6.07 Å². The van der Waals surface area contributed by atoms with E-state index in [-0.39, 0.29) is 23.9 Å². The Morgan fingerprint density at radius 1 is 0.929 bits per heavy atom. The molecule has 6 nitrogen and oxygen atoms in total. The van der Waals surface area contributed by atoms with Gasteiger partial charge in [0.05, 0.1) is 5.69 Å². The minimum Gasteiger partial charge on any atom is -0.352 e. The molecule has 0 unspecified atom stereocenters. The predicted octanol–water partition coefficient (Wildman–Crippen LogP) is 4.35. The van der Waals surface area contributed by atoms with Crippen LogP contribution in [0.1, 0.15) is 13.8 Å². The number of rotatable bonds is 6. The van der Waals surface area contributed by atoms with E-state index in [1.54, 1.807) is 24.5 Å². The molecule has 0 spiro atoms. The molecule has 1 aromatic carbocycles. The first-order chi connectivity index (χ1) is 13.3. The number of hydrogen-bond acceptors (Lipinski definition) is 6. The number of nitrogens with one attached hydrogen (secondary N) is 3. The van der Waals surface area contributed by atoms with Gasteiger partial charge in [-0.3, -0.25) is 15.8 Å². The fourth-order valence-electron chi connectivity index (χ4n) is 2.31. The average Bonchev–Trinajstić information content (AvgIpc) is 2.66. The summed E-state index contributed by atoms with van der Waals surface area (Å²) in [6.45, 7) is 3.76. The van der Waals surface area contributed by atoms with Crippen molar-refractivity contribution in [1.82, 2.24) is 15.0 Å². The Bertz CT molecular complexity index is 955. The number of anilines is 3. The highest BCUT2D eigenvalue weighted by Gasteiger charge is 2.19. The van der Waals surface area contributed by atoms with Gasteiger partial charge < -0.3 is 5.32 Å². The van der Waals surface area contributed by atoms with Crippen LogP contribution in [0.3, 0.4) is 0 Å². The lowest BCUT2D eigenvalue weighted by atomic mass is 10.2. The third-order valence-electron chi connectivity index (χ3n) is 3.53. The molecule has 0 saturated carbocycles. The van der Waals surface area contributed by atoms with Crippen LogP contribution in [-0.2, 0) is 0 Å². The zero-order valence-electron chi connectivity index (χ0n) is 14.9. The van der Waals surface area contributed by atoms with E-state index in [1.807, 2.05) is 13.8 Å². The maximum absolute atomic E-state index is 13.8. The number of nitrogens with zero attached hydrogens (tertiary/aromatic N) is 3. The second-order valence-electron chi connectivity index (χ2n) is 6.10. The minimum absolute atomic E-state index is 0.0113. The lowest BCUT2D eigenvalue weighted by Crippen LogP contribution is -2.17. The van der Waals surface area contributed by atoms with E-state index in [9.17, 15) is 17.6 Å². The summed E-state index contributed by atoms with van der Waals surface area (Å²) in [5.74, 6) is -5.82. The van der Waals surface area contributed by atoms with Gasteiger partial charge in [-0.05, 0) is 26.0 Å². The summed E-state index contributed by atoms with van der Waals surface area (Å²) in [4.78, 5) is 12.6. The maximum atomic E-state index is 13.8. The van der Waals surface area contributed by atoms with Crippen molar-refractivity contribution in [2.75, 3.05) is 16.2 Å². The van der Waals surface area contributed by atoms with Crippen LogP contribution >= 0.6 is 0 Å². The minimum atomic E-state index is -1.56. The normalized spacial score (nSPS) is 10.8. The molecule has 0 aliphatic heterocycles. The van der Waals surface area contributed by atoms with Crippen molar-refractivity contribution in [3.8, 4) is 11.3 Å². The third-order valence-corrected chi connectivity index (χ3v) is 3.53. The summed E-state index contributed by atoms with van der Waals surface area (Å²) < 4.78 is 54.3. The van der Waals surface area contributed by atoms with Crippen molar-refractivity contribution in [2.45, 2.75) is 19.9 Å². The monoisotopic (exact) mass is 392 g/mol. The van der Waals surface area contributed by atoms with Gasteiger partial charge in [0.15, 0.2) is 29.1 Å². The van der Waals surface area contributed by atoms with Gasteiger partial charge in [0.2, 0.25) is 5.95 Å². The molecular weight excluding hydrogens is 376 g/mol. The van der Waals surface area contributed by atoms with Gasteiger partial charge in [0.25, 0.3) is 0 Å². The van der Waals surface area contributed by atoms with Gasteiger partial charge in [-0.15, -0.1) is 0 Å². The molecule has 0 atom stereocenters. The summed E-state index contributed by atoms with van der Waals surface area (Å²) in [5, 5.41) is 3.02. The first-order valence-electron chi connectivity index (χ1n) is 8.26. The Hall–Kier alpha value is -3.43. The molecule has 0 aliphatic rings. The van der Waals surface area contributed by atoms with Crippen molar-refractivity contribution in [2.24, 2.45) is 0 Å². The van der Waals surface area contributed by atoms with Crippen LogP contribution in [0.2, 0.25) is 0 Å². The number of hydrazine groups is 1. The van der Waals surface area contributed by atoms with E-state index in [4.69, 9.17) is 0 Å². The van der Waals surface area contributed by atoms with Crippen LogP contribution in [0.25, 0.3) is 11.3 Å². The molecular formula is C18H16F4N6. The van der Waals surface area contributed by atoms with Crippen molar-refractivity contribution < 1.29 is 17.6 Å². The summed E-state index contributed by atoms with van der Waals surface area (Å²) in [7, 11) is 0. The quantitative estimate of drug-likeness (QED) is 0.329. The van der Waals surface area contributed by atoms with E-state index in [0.717, 1.165) is 0 Å². The molecule has 0 amide bonds. The van der Waals surface area contributed by atoms with Gasteiger partial charge in [-0.25, -0.2) is 22.5 Å². The van der Waals surface area contributed by atoms with Gasteiger partial charge >= 0.3 is 0 Å². The Morgan fingerprint density at radius 3 is 2.25 bits per heavy atom. The summed E-state index contributed by atoms with van der Waals surface area (Å²) >= 11 is 0. The van der Waals surface area contributed by atoms with E-state index in [0.29, 0.717) is 11.3 Å². The second kappa shape index (κ2) is 8.07. The van der Waals surface area contributed by atoms with Crippen LogP contribution in [0, 0.1) is 23.3 Å². The largest absolute Gasteiger partial charge is 0.352 e. The van der Waals surface area contributed by atoms with Gasteiger partial charge in [0, 0.05) is 36.1 Å². The standard InChI is InChI=1S/C18H16F4N6/c1-9(2)24-18-25-13(10-4-3-5-23-8-10)7-14(26-18)27-28-17-15(21)11(19)6-12(20)16(17)22/h3-9,28H,1-2H3,(H2,24,25,26,27). The van der Waals surface area contributed by atoms with Crippen molar-refractivity contribution >= 4 is 17.5 Å². The van der Waals surface area contributed by atoms with Gasteiger partial charge in [-0.1, -0.05) is 0 Å². The predicted molar refractivity (Wildman–Crippen MR) is 97.5 cm³/mol.